The van der Waals surface area contributed by atoms with Crippen LogP contribution in [0.2, 0.25) is 0 Å². The molecule has 1 saturated carbocycles. The van der Waals surface area contributed by atoms with Crippen LogP contribution >= 0.6 is 0 Å². The van der Waals surface area contributed by atoms with Gasteiger partial charge in [0.05, 0.1) is 24.5 Å². The van der Waals surface area contributed by atoms with E-state index in [2.05, 4.69) is 5.10 Å². The summed E-state index contributed by atoms with van der Waals surface area (Å²) in [5, 5.41) is 11.5. The van der Waals surface area contributed by atoms with Crippen molar-refractivity contribution in [2.75, 3.05) is 19.8 Å². The normalized spacial score (nSPS) is 17.9. The Kier molecular flexibility index (Phi) is 7.22. The summed E-state index contributed by atoms with van der Waals surface area (Å²) in [5.74, 6) is -1.96. The van der Waals surface area contributed by atoms with Crippen molar-refractivity contribution in [3.63, 3.8) is 0 Å². The minimum atomic E-state index is -5.08. The Morgan fingerprint density at radius 2 is 1.94 bits per heavy atom. The predicted molar refractivity (Wildman–Crippen MR) is 109 cm³/mol. The van der Waals surface area contributed by atoms with Crippen molar-refractivity contribution in [1.29, 1.82) is 0 Å². The number of nitrogens with zero attached hydrogens (tertiary/aromatic N) is 3. The van der Waals surface area contributed by atoms with Gasteiger partial charge in [0, 0.05) is 25.8 Å². The second-order valence-electron chi connectivity index (χ2n) is 8.10. The van der Waals surface area contributed by atoms with Crippen LogP contribution in [0.5, 0.6) is 0 Å². The number of halogens is 3. The number of hydrogen-bond donors (Lipinski definition) is 1. The number of alkyl halides is 3. The Balaban J connectivity index is 0.000000360. The zero-order chi connectivity index (χ0) is 23.5. The SMILES string of the molecule is Cc1cccc(C(=O)N2CCc3cnn(C)c3C2COCC2CC2)c1.O=C(O)C(F)(F)F. The van der Waals surface area contributed by atoms with E-state index in [1.165, 1.54) is 18.4 Å². The van der Waals surface area contributed by atoms with Crippen molar-refractivity contribution in [2.45, 2.75) is 38.4 Å². The molecule has 1 atom stereocenters. The molecular formula is C22H26F3N3O4. The van der Waals surface area contributed by atoms with Crippen molar-refractivity contribution < 1.29 is 32.6 Å². The minimum absolute atomic E-state index is 0.0667. The molecule has 1 aliphatic carbocycles. The molecule has 1 N–H and O–H groups in total. The fraction of sp³-hybridized carbons (Fsp3) is 0.500. The molecule has 1 aliphatic heterocycles. The third-order valence-electron chi connectivity index (χ3n) is 5.47. The fourth-order valence-electron chi connectivity index (χ4n) is 3.65. The van der Waals surface area contributed by atoms with Crippen LogP contribution in [0.25, 0.3) is 0 Å². The molecule has 2 aromatic rings. The lowest BCUT2D eigenvalue weighted by Gasteiger charge is -2.36. The molecule has 2 heterocycles. The maximum Gasteiger partial charge on any atom is 0.490 e. The Labute approximate surface area is 183 Å². The van der Waals surface area contributed by atoms with E-state index in [0.717, 1.165) is 35.8 Å². The van der Waals surface area contributed by atoms with Crippen LogP contribution < -0.4 is 0 Å². The highest BCUT2D eigenvalue weighted by Crippen LogP contribution is 2.33. The number of rotatable bonds is 5. The summed E-state index contributed by atoms with van der Waals surface area (Å²) >= 11 is 0. The molecule has 1 amide bonds. The van der Waals surface area contributed by atoms with E-state index in [1.54, 1.807) is 0 Å². The molecule has 0 radical (unpaired) electrons. The van der Waals surface area contributed by atoms with Gasteiger partial charge < -0.3 is 14.7 Å². The lowest BCUT2D eigenvalue weighted by Crippen LogP contribution is -2.42. The van der Waals surface area contributed by atoms with Crippen LogP contribution in [0.15, 0.2) is 30.5 Å². The molecule has 32 heavy (non-hydrogen) atoms. The summed E-state index contributed by atoms with van der Waals surface area (Å²) in [6.07, 6.45) is 0.235. The quantitative estimate of drug-likeness (QED) is 0.749. The monoisotopic (exact) mass is 453 g/mol. The van der Waals surface area contributed by atoms with Gasteiger partial charge in [-0.2, -0.15) is 18.3 Å². The molecule has 1 unspecified atom stereocenters. The van der Waals surface area contributed by atoms with Crippen LogP contribution in [-0.4, -0.2) is 57.6 Å². The second kappa shape index (κ2) is 9.72. The van der Waals surface area contributed by atoms with E-state index < -0.39 is 12.1 Å². The van der Waals surface area contributed by atoms with Gasteiger partial charge in [0.25, 0.3) is 5.91 Å². The Hall–Kier alpha value is -2.88. The molecule has 1 aromatic heterocycles. The number of carbonyl (C=O) groups is 2. The lowest BCUT2D eigenvalue weighted by molar-refractivity contribution is -0.192. The summed E-state index contributed by atoms with van der Waals surface area (Å²) in [6.45, 7) is 4.07. The van der Waals surface area contributed by atoms with Crippen LogP contribution in [-0.2, 0) is 23.0 Å². The fourth-order valence-corrected chi connectivity index (χ4v) is 3.65. The third-order valence-corrected chi connectivity index (χ3v) is 5.47. The average molecular weight is 453 g/mol. The van der Waals surface area contributed by atoms with Crippen LogP contribution in [0, 0.1) is 12.8 Å². The number of benzene rings is 1. The Morgan fingerprint density at radius 1 is 1.25 bits per heavy atom. The summed E-state index contributed by atoms with van der Waals surface area (Å²) in [4.78, 5) is 24.0. The molecule has 1 aromatic carbocycles. The van der Waals surface area contributed by atoms with Crippen molar-refractivity contribution in [3.8, 4) is 0 Å². The molecule has 0 bridgehead atoms. The second-order valence-corrected chi connectivity index (χ2v) is 8.10. The van der Waals surface area contributed by atoms with Gasteiger partial charge in [-0.1, -0.05) is 17.7 Å². The van der Waals surface area contributed by atoms with E-state index in [4.69, 9.17) is 14.6 Å². The van der Waals surface area contributed by atoms with Crippen LogP contribution in [0.1, 0.15) is 46.1 Å². The number of carbonyl (C=O) groups excluding carboxylic acids is 1. The van der Waals surface area contributed by atoms with Gasteiger partial charge in [0.1, 0.15) is 0 Å². The van der Waals surface area contributed by atoms with E-state index >= 15 is 0 Å². The number of aryl methyl sites for hydroxylation is 2. The molecule has 2 aliphatic rings. The summed E-state index contributed by atoms with van der Waals surface area (Å²) < 4.78 is 39.6. The smallest absolute Gasteiger partial charge is 0.475 e. The molecule has 0 saturated heterocycles. The number of amides is 1. The van der Waals surface area contributed by atoms with E-state index in [9.17, 15) is 18.0 Å². The van der Waals surface area contributed by atoms with Crippen LogP contribution in [0.4, 0.5) is 13.2 Å². The third kappa shape index (κ3) is 5.87. The van der Waals surface area contributed by atoms with Gasteiger partial charge in [-0.15, -0.1) is 0 Å². The predicted octanol–water partition coefficient (Wildman–Crippen LogP) is 3.53. The van der Waals surface area contributed by atoms with Crippen molar-refractivity contribution in [2.24, 2.45) is 13.0 Å². The summed E-state index contributed by atoms with van der Waals surface area (Å²) in [7, 11) is 1.95. The number of carboxylic acid groups (broad SMARTS) is 1. The molecule has 174 valence electrons. The zero-order valence-electron chi connectivity index (χ0n) is 17.9. The Bertz CT molecular complexity index is 970. The van der Waals surface area contributed by atoms with Crippen molar-refractivity contribution >= 4 is 11.9 Å². The van der Waals surface area contributed by atoms with Gasteiger partial charge in [0.2, 0.25) is 0 Å². The number of ether oxygens (including phenoxy) is 1. The Morgan fingerprint density at radius 3 is 2.53 bits per heavy atom. The van der Waals surface area contributed by atoms with E-state index in [0.29, 0.717) is 13.2 Å². The van der Waals surface area contributed by atoms with Gasteiger partial charge in [-0.25, -0.2) is 4.79 Å². The number of carboxylic acids is 1. The van der Waals surface area contributed by atoms with E-state index in [1.807, 2.05) is 54.0 Å². The highest BCUT2D eigenvalue weighted by atomic mass is 19.4. The summed E-state index contributed by atoms with van der Waals surface area (Å²) in [5.41, 5.74) is 4.20. The largest absolute Gasteiger partial charge is 0.490 e. The zero-order valence-corrected chi connectivity index (χ0v) is 17.9. The molecule has 7 nitrogen and oxygen atoms in total. The minimum Gasteiger partial charge on any atom is -0.475 e. The van der Waals surface area contributed by atoms with Crippen LogP contribution in [0.3, 0.4) is 0 Å². The number of hydrogen-bond acceptors (Lipinski definition) is 4. The van der Waals surface area contributed by atoms with Gasteiger partial charge >= 0.3 is 12.1 Å². The maximum atomic E-state index is 13.2. The standard InChI is InChI=1S/C20H25N3O2.C2HF3O2/c1-14-4-3-5-16(10-14)20(24)23-9-8-17-11-21-22(2)19(17)18(23)13-25-12-15-6-7-15;3-2(4,5)1(6)7/h3-5,10-11,15,18H,6-9,12-13H2,1-2H3;(H,6,7). The van der Waals surface area contributed by atoms with Gasteiger partial charge in [-0.3, -0.25) is 9.48 Å². The number of aliphatic carboxylic acids is 1. The molecule has 4 rings (SSSR count). The van der Waals surface area contributed by atoms with Crippen molar-refractivity contribution in [3.05, 3.63) is 52.8 Å². The highest BCUT2D eigenvalue weighted by molar-refractivity contribution is 5.94. The maximum absolute atomic E-state index is 13.2. The lowest BCUT2D eigenvalue weighted by atomic mass is 9.98. The van der Waals surface area contributed by atoms with Gasteiger partial charge in [0.15, 0.2) is 0 Å². The molecule has 10 heteroatoms. The molecular weight excluding hydrogens is 427 g/mol. The molecule has 1 fully saturated rings. The first-order valence-corrected chi connectivity index (χ1v) is 10.3. The topological polar surface area (TPSA) is 84.7 Å². The molecule has 0 spiro atoms. The van der Waals surface area contributed by atoms with E-state index in [-0.39, 0.29) is 11.9 Å². The highest BCUT2D eigenvalue weighted by Gasteiger charge is 2.38. The average Bonchev–Trinajstić information content (AvgIpc) is 3.48. The number of fused-ring (bicyclic) bond motifs is 1. The first-order chi connectivity index (χ1) is 15.1. The van der Waals surface area contributed by atoms with Crippen molar-refractivity contribution in [1.82, 2.24) is 14.7 Å². The summed E-state index contributed by atoms with van der Waals surface area (Å²) in [6, 6.07) is 7.76. The first kappa shape index (κ1) is 23.8. The first-order valence-electron chi connectivity index (χ1n) is 10.3. The number of aromatic nitrogens is 2. The van der Waals surface area contributed by atoms with Gasteiger partial charge in [-0.05, 0) is 49.8 Å².